The Balaban J connectivity index is 1.25. The Bertz CT molecular complexity index is 1650. The Morgan fingerprint density at radius 1 is 1.00 bits per heavy atom. The van der Waals surface area contributed by atoms with E-state index >= 15 is 0 Å². The van der Waals surface area contributed by atoms with E-state index in [-0.39, 0.29) is 28.8 Å². The minimum Gasteiger partial charge on any atom is -0.353 e. The summed E-state index contributed by atoms with van der Waals surface area (Å²) in [7, 11) is -3.85. The third-order valence-electron chi connectivity index (χ3n) is 8.00. The van der Waals surface area contributed by atoms with E-state index in [4.69, 9.17) is 16.6 Å². The number of aromatic nitrogens is 3. The summed E-state index contributed by atoms with van der Waals surface area (Å²) < 4.78 is 28.4. The first-order valence-electron chi connectivity index (χ1n) is 14.1. The molecule has 2 fully saturated rings. The lowest BCUT2D eigenvalue weighted by atomic mass is 9.90. The van der Waals surface area contributed by atoms with Crippen molar-refractivity contribution in [2.24, 2.45) is 5.92 Å². The fourth-order valence-electron chi connectivity index (χ4n) is 5.90. The van der Waals surface area contributed by atoms with Crippen molar-refractivity contribution in [2.75, 3.05) is 18.4 Å². The van der Waals surface area contributed by atoms with Gasteiger partial charge in [0.05, 0.1) is 33.2 Å². The summed E-state index contributed by atoms with van der Waals surface area (Å²) in [5.41, 5.74) is 1.59. The van der Waals surface area contributed by atoms with Gasteiger partial charge in [-0.15, -0.1) is 0 Å². The third kappa shape index (κ3) is 5.82. The smallest absolute Gasteiger partial charge is 0.268 e. The van der Waals surface area contributed by atoms with E-state index in [0.717, 1.165) is 57.0 Å². The Morgan fingerprint density at radius 3 is 2.59 bits per heavy atom. The van der Waals surface area contributed by atoms with Gasteiger partial charge in [0.2, 0.25) is 11.9 Å². The van der Waals surface area contributed by atoms with Gasteiger partial charge in [-0.3, -0.25) is 4.79 Å². The summed E-state index contributed by atoms with van der Waals surface area (Å²) in [6.45, 7) is 1.72. The Labute approximate surface area is 244 Å². The predicted octanol–water partition coefficient (Wildman–Crippen LogP) is 4.83. The van der Waals surface area contributed by atoms with Crippen molar-refractivity contribution in [1.82, 2.24) is 24.6 Å². The third-order valence-corrected chi connectivity index (χ3v) is 9.96. The lowest BCUT2D eigenvalue weighted by Gasteiger charge is -2.32. The normalized spacial score (nSPS) is 21.4. The molecule has 0 bridgehead atoms. The van der Waals surface area contributed by atoms with Gasteiger partial charge in [0, 0.05) is 35.8 Å². The zero-order valence-corrected chi connectivity index (χ0v) is 24.2. The standard InChI is InChI=1S/C30H33ClN6O3S/c31-26-18-33-30(35-22-10-6-9-21(16-22)34-29(38)20-8-7-15-32-17-20)36-28(26)25-19-37(27-14-5-4-13-24(25)27)41(39,40)23-11-2-1-3-12-23/h1-5,11-14,18-22,32H,6-10,15-17H2,(H,34,38)(H,33,35,36)/t20-,21+,22?/m1/s1. The molecule has 6 rings (SSSR count). The highest BCUT2D eigenvalue weighted by molar-refractivity contribution is 7.90. The predicted molar refractivity (Wildman–Crippen MR) is 160 cm³/mol. The van der Waals surface area contributed by atoms with E-state index in [1.54, 1.807) is 54.9 Å². The van der Waals surface area contributed by atoms with Gasteiger partial charge in [0.1, 0.15) is 0 Å². The topological polar surface area (TPSA) is 118 Å². The molecule has 2 aliphatic rings. The molecule has 3 atom stereocenters. The number of para-hydroxylation sites is 1. The minimum atomic E-state index is -3.85. The number of nitrogens with one attached hydrogen (secondary N) is 3. The molecule has 41 heavy (non-hydrogen) atoms. The monoisotopic (exact) mass is 592 g/mol. The first-order valence-corrected chi connectivity index (χ1v) is 15.9. The zero-order valence-electron chi connectivity index (χ0n) is 22.6. The quantitative estimate of drug-likeness (QED) is 0.281. The maximum atomic E-state index is 13.6. The van der Waals surface area contributed by atoms with Crippen LogP contribution in [-0.4, -0.2) is 53.4 Å². The maximum Gasteiger partial charge on any atom is 0.268 e. The number of halogens is 1. The summed E-state index contributed by atoms with van der Waals surface area (Å²) >= 11 is 6.60. The number of hydrogen-bond acceptors (Lipinski definition) is 7. The van der Waals surface area contributed by atoms with Crippen LogP contribution in [0.1, 0.15) is 38.5 Å². The van der Waals surface area contributed by atoms with Gasteiger partial charge in [-0.2, -0.15) is 0 Å². The first kappa shape index (κ1) is 27.7. The van der Waals surface area contributed by atoms with Gasteiger partial charge in [-0.05, 0) is 63.3 Å². The van der Waals surface area contributed by atoms with Crippen LogP contribution >= 0.6 is 11.6 Å². The fraction of sp³-hybridized carbons (Fsp3) is 0.367. The second-order valence-corrected chi connectivity index (χ2v) is 13.0. The molecular formula is C30H33ClN6O3S. The summed E-state index contributed by atoms with van der Waals surface area (Å²) in [6.07, 6.45) is 8.73. The van der Waals surface area contributed by atoms with Gasteiger partial charge in [0.25, 0.3) is 10.0 Å². The van der Waals surface area contributed by atoms with Crippen molar-refractivity contribution in [3.63, 3.8) is 0 Å². The molecule has 214 valence electrons. The molecule has 0 spiro atoms. The number of hydrogen-bond donors (Lipinski definition) is 3. The number of carbonyl (C=O) groups is 1. The summed E-state index contributed by atoms with van der Waals surface area (Å²) in [5, 5.41) is 11.1. The highest BCUT2D eigenvalue weighted by atomic mass is 35.5. The van der Waals surface area contributed by atoms with E-state index in [9.17, 15) is 13.2 Å². The molecule has 3 N–H and O–H groups in total. The summed E-state index contributed by atoms with van der Waals surface area (Å²) in [4.78, 5) is 22.2. The number of rotatable bonds is 7. The molecule has 11 heteroatoms. The van der Waals surface area contributed by atoms with Crippen LogP contribution in [0.2, 0.25) is 5.02 Å². The number of fused-ring (bicyclic) bond motifs is 1. The molecule has 4 aromatic rings. The van der Waals surface area contributed by atoms with Crippen LogP contribution < -0.4 is 16.0 Å². The van der Waals surface area contributed by atoms with Crippen LogP contribution in [0.4, 0.5) is 5.95 Å². The SMILES string of the molecule is O=C(N[C@H]1CCCC(Nc2ncc(Cl)c(-c3cn(S(=O)(=O)c4ccccc4)c4ccccc34)n2)C1)[C@@H]1CCCNC1. The van der Waals surface area contributed by atoms with Crippen molar-refractivity contribution in [3.8, 4) is 11.3 Å². The Morgan fingerprint density at radius 2 is 1.78 bits per heavy atom. The number of anilines is 1. The molecule has 1 unspecified atom stereocenters. The zero-order chi connectivity index (χ0) is 28.4. The number of amides is 1. The van der Waals surface area contributed by atoms with Crippen LogP contribution in [0.3, 0.4) is 0 Å². The second-order valence-electron chi connectivity index (χ2n) is 10.8. The average molecular weight is 593 g/mol. The Kier molecular flexibility index (Phi) is 7.96. The van der Waals surface area contributed by atoms with Gasteiger partial charge < -0.3 is 16.0 Å². The van der Waals surface area contributed by atoms with E-state index < -0.39 is 10.0 Å². The van der Waals surface area contributed by atoms with Gasteiger partial charge in [-0.1, -0.05) is 48.0 Å². The lowest BCUT2D eigenvalue weighted by molar-refractivity contribution is -0.126. The van der Waals surface area contributed by atoms with E-state index in [1.807, 2.05) is 12.1 Å². The Hall–Kier alpha value is -3.47. The highest BCUT2D eigenvalue weighted by Gasteiger charge is 2.28. The molecule has 2 aromatic carbocycles. The molecular weight excluding hydrogens is 560 g/mol. The van der Waals surface area contributed by atoms with Crippen molar-refractivity contribution >= 4 is 44.4 Å². The maximum absolute atomic E-state index is 13.6. The number of carbonyl (C=O) groups excluding carboxylic acids is 1. The van der Waals surface area contributed by atoms with Crippen LogP contribution in [0.5, 0.6) is 0 Å². The summed E-state index contributed by atoms with van der Waals surface area (Å²) in [6, 6.07) is 15.8. The average Bonchev–Trinajstić information content (AvgIpc) is 3.40. The van der Waals surface area contributed by atoms with Crippen LogP contribution in [0.25, 0.3) is 22.2 Å². The first-order chi connectivity index (χ1) is 19.9. The molecule has 1 amide bonds. The molecule has 1 aliphatic carbocycles. The summed E-state index contributed by atoms with van der Waals surface area (Å²) in [5.74, 6) is 0.586. The van der Waals surface area contributed by atoms with Gasteiger partial charge >= 0.3 is 0 Å². The highest BCUT2D eigenvalue weighted by Crippen LogP contribution is 2.36. The molecule has 1 aliphatic heterocycles. The molecule has 1 saturated carbocycles. The van der Waals surface area contributed by atoms with Gasteiger partial charge in [-0.25, -0.2) is 22.4 Å². The molecule has 3 heterocycles. The fourth-order valence-corrected chi connectivity index (χ4v) is 7.48. The lowest BCUT2D eigenvalue weighted by Crippen LogP contribution is -2.47. The number of nitrogens with zero attached hydrogens (tertiary/aromatic N) is 3. The molecule has 1 saturated heterocycles. The van der Waals surface area contributed by atoms with Crippen molar-refractivity contribution in [3.05, 3.63) is 72.0 Å². The largest absolute Gasteiger partial charge is 0.353 e. The number of benzene rings is 2. The second kappa shape index (κ2) is 11.8. The van der Waals surface area contributed by atoms with Crippen LogP contribution in [0.15, 0.2) is 71.9 Å². The van der Waals surface area contributed by atoms with Crippen LogP contribution in [0, 0.1) is 5.92 Å². The van der Waals surface area contributed by atoms with E-state index in [1.165, 1.54) is 3.97 Å². The van der Waals surface area contributed by atoms with Gasteiger partial charge in [0.15, 0.2) is 0 Å². The number of piperidine rings is 1. The van der Waals surface area contributed by atoms with E-state index in [0.29, 0.717) is 27.7 Å². The molecule has 9 nitrogen and oxygen atoms in total. The van der Waals surface area contributed by atoms with Crippen LogP contribution in [-0.2, 0) is 14.8 Å². The van der Waals surface area contributed by atoms with Crippen molar-refractivity contribution in [1.29, 1.82) is 0 Å². The van der Waals surface area contributed by atoms with Crippen molar-refractivity contribution in [2.45, 2.75) is 55.5 Å². The minimum absolute atomic E-state index is 0.0343. The molecule has 2 aromatic heterocycles. The van der Waals surface area contributed by atoms with E-state index in [2.05, 4.69) is 20.9 Å². The molecule has 0 radical (unpaired) electrons. The van der Waals surface area contributed by atoms with Crippen molar-refractivity contribution < 1.29 is 13.2 Å².